The molecule has 1 unspecified atom stereocenters. The van der Waals surface area contributed by atoms with Crippen molar-refractivity contribution in [1.29, 1.82) is 0 Å². The molecule has 21 heavy (non-hydrogen) atoms. The number of nitrogens with zero attached hydrogens (tertiary/aromatic N) is 1. The Bertz CT molecular complexity index is 611. The van der Waals surface area contributed by atoms with Crippen molar-refractivity contribution >= 4 is 10.9 Å². The molecule has 2 N–H and O–H groups in total. The van der Waals surface area contributed by atoms with Crippen LogP contribution in [0.3, 0.4) is 0 Å². The number of aromatic nitrogens is 1. The normalized spacial score (nSPS) is 13.6. The van der Waals surface area contributed by atoms with Crippen molar-refractivity contribution in [2.75, 3.05) is 6.54 Å². The number of hydrogen-bond donors (Lipinski definition) is 2. The molecule has 2 aromatic rings. The van der Waals surface area contributed by atoms with Crippen LogP contribution >= 0.6 is 0 Å². The third kappa shape index (κ3) is 4.22. The summed E-state index contributed by atoms with van der Waals surface area (Å²) >= 11 is 0. The molecule has 0 aliphatic heterocycles. The lowest BCUT2D eigenvalue weighted by atomic mass is 9.87. The summed E-state index contributed by atoms with van der Waals surface area (Å²) in [5.41, 5.74) is 1.70. The summed E-state index contributed by atoms with van der Waals surface area (Å²) in [7, 11) is 0. The molecular formula is C17H23FN2O. The number of rotatable bonds is 6. The number of aliphatic hydroxyl groups excluding tert-OH is 1. The Morgan fingerprint density at radius 2 is 2.10 bits per heavy atom. The van der Waals surface area contributed by atoms with E-state index in [2.05, 4.69) is 24.1 Å². The van der Waals surface area contributed by atoms with Crippen LogP contribution in [-0.4, -0.2) is 22.7 Å². The molecule has 0 saturated heterocycles. The lowest BCUT2D eigenvalue weighted by molar-refractivity contribution is 0.128. The van der Waals surface area contributed by atoms with Crippen molar-refractivity contribution in [2.45, 2.75) is 39.8 Å². The summed E-state index contributed by atoms with van der Waals surface area (Å²) in [6.07, 6.45) is 2.11. The summed E-state index contributed by atoms with van der Waals surface area (Å²) in [4.78, 5) is 4.29. The van der Waals surface area contributed by atoms with Gasteiger partial charge in [0.2, 0.25) is 0 Å². The predicted octanol–water partition coefficient (Wildman–Crippen LogP) is 3.26. The van der Waals surface area contributed by atoms with Crippen LogP contribution in [0.5, 0.6) is 0 Å². The van der Waals surface area contributed by atoms with Crippen molar-refractivity contribution in [2.24, 2.45) is 5.41 Å². The zero-order valence-corrected chi connectivity index (χ0v) is 12.9. The zero-order chi connectivity index (χ0) is 15.5. The minimum Gasteiger partial charge on any atom is -0.393 e. The van der Waals surface area contributed by atoms with E-state index in [1.165, 1.54) is 6.07 Å². The topological polar surface area (TPSA) is 45.1 Å². The van der Waals surface area contributed by atoms with Crippen molar-refractivity contribution in [3.63, 3.8) is 0 Å². The summed E-state index contributed by atoms with van der Waals surface area (Å²) in [5.74, 6) is -0.240. The second-order valence-corrected chi connectivity index (χ2v) is 6.43. The van der Waals surface area contributed by atoms with E-state index in [9.17, 15) is 9.50 Å². The SMILES string of the molecule is CC(O)CC(C)(C)CNCc1ccc(F)c2cccnc12. The smallest absolute Gasteiger partial charge is 0.132 e. The first kappa shape index (κ1) is 15.9. The molecule has 1 atom stereocenters. The van der Waals surface area contributed by atoms with E-state index in [1.54, 1.807) is 31.3 Å². The van der Waals surface area contributed by atoms with Gasteiger partial charge in [0, 0.05) is 24.7 Å². The van der Waals surface area contributed by atoms with Crippen LogP contribution in [0.25, 0.3) is 10.9 Å². The Morgan fingerprint density at radius 1 is 1.33 bits per heavy atom. The highest BCUT2D eigenvalue weighted by Crippen LogP contribution is 2.22. The van der Waals surface area contributed by atoms with Gasteiger partial charge in [-0.05, 0) is 42.5 Å². The van der Waals surface area contributed by atoms with Crippen LogP contribution in [0, 0.1) is 11.2 Å². The molecule has 114 valence electrons. The van der Waals surface area contributed by atoms with E-state index in [0.717, 1.165) is 18.5 Å². The molecule has 2 rings (SSSR count). The Labute approximate surface area is 125 Å². The number of pyridine rings is 1. The van der Waals surface area contributed by atoms with E-state index in [4.69, 9.17) is 0 Å². The third-order valence-electron chi connectivity index (χ3n) is 3.57. The van der Waals surface area contributed by atoms with E-state index >= 15 is 0 Å². The van der Waals surface area contributed by atoms with Gasteiger partial charge in [-0.15, -0.1) is 0 Å². The quantitative estimate of drug-likeness (QED) is 0.858. The number of aliphatic hydroxyl groups is 1. The highest BCUT2D eigenvalue weighted by Gasteiger charge is 2.19. The monoisotopic (exact) mass is 290 g/mol. The standard InChI is InChI=1S/C17H23FN2O/c1-12(21)9-17(2,3)11-19-10-13-6-7-15(18)14-5-4-8-20-16(13)14/h4-8,12,19,21H,9-11H2,1-3H3. The van der Waals surface area contributed by atoms with Crippen LogP contribution in [-0.2, 0) is 6.54 Å². The molecule has 0 fully saturated rings. The van der Waals surface area contributed by atoms with Crippen LogP contribution in [0.1, 0.15) is 32.8 Å². The molecule has 0 saturated carbocycles. The molecule has 0 aliphatic rings. The van der Waals surface area contributed by atoms with Gasteiger partial charge in [0.15, 0.2) is 0 Å². The summed E-state index contributed by atoms with van der Waals surface area (Å²) < 4.78 is 13.7. The number of fused-ring (bicyclic) bond motifs is 1. The fourth-order valence-corrected chi connectivity index (χ4v) is 2.75. The van der Waals surface area contributed by atoms with Crippen molar-refractivity contribution < 1.29 is 9.50 Å². The van der Waals surface area contributed by atoms with Gasteiger partial charge < -0.3 is 10.4 Å². The lowest BCUT2D eigenvalue weighted by Gasteiger charge is -2.26. The second-order valence-electron chi connectivity index (χ2n) is 6.43. The molecule has 0 spiro atoms. The molecule has 1 aromatic heterocycles. The maximum atomic E-state index is 13.7. The van der Waals surface area contributed by atoms with E-state index in [0.29, 0.717) is 17.4 Å². The van der Waals surface area contributed by atoms with Crippen molar-refractivity contribution in [3.8, 4) is 0 Å². The molecule has 0 radical (unpaired) electrons. The largest absolute Gasteiger partial charge is 0.393 e. The van der Waals surface area contributed by atoms with Crippen LogP contribution in [0.15, 0.2) is 30.5 Å². The summed E-state index contributed by atoms with van der Waals surface area (Å²) in [6, 6.07) is 6.76. The van der Waals surface area contributed by atoms with Crippen molar-refractivity contribution in [3.05, 3.63) is 41.8 Å². The summed E-state index contributed by atoms with van der Waals surface area (Å²) in [5, 5.41) is 13.4. The Morgan fingerprint density at radius 3 is 2.81 bits per heavy atom. The van der Waals surface area contributed by atoms with Gasteiger partial charge in [0.1, 0.15) is 5.82 Å². The average Bonchev–Trinajstić information content (AvgIpc) is 2.40. The first-order valence-electron chi connectivity index (χ1n) is 7.30. The number of nitrogens with one attached hydrogen (secondary N) is 1. The van der Waals surface area contributed by atoms with E-state index in [1.807, 2.05) is 0 Å². The van der Waals surface area contributed by atoms with E-state index < -0.39 is 0 Å². The minimum absolute atomic E-state index is 0.0113. The van der Waals surface area contributed by atoms with Crippen molar-refractivity contribution in [1.82, 2.24) is 10.3 Å². The van der Waals surface area contributed by atoms with Crippen LogP contribution in [0.4, 0.5) is 4.39 Å². The first-order chi connectivity index (χ1) is 9.89. The number of hydrogen-bond acceptors (Lipinski definition) is 3. The zero-order valence-electron chi connectivity index (χ0n) is 12.9. The third-order valence-corrected chi connectivity index (χ3v) is 3.57. The Kier molecular flexibility index (Phi) is 4.91. The highest BCUT2D eigenvalue weighted by atomic mass is 19.1. The molecule has 1 aromatic carbocycles. The van der Waals surface area contributed by atoms with Gasteiger partial charge in [-0.25, -0.2) is 4.39 Å². The fourth-order valence-electron chi connectivity index (χ4n) is 2.75. The summed E-state index contributed by atoms with van der Waals surface area (Å²) in [6.45, 7) is 7.46. The fraction of sp³-hybridized carbons (Fsp3) is 0.471. The Balaban J connectivity index is 2.06. The molecule has 4 heteroatoms. The average molecular weight is 290 g/mol. The van der Waals surface area contributed by atoms with Gasteiger partial charge in [-0.2, -0.15) is 0 Å². The van der Waals surface area contributed by atoms with Gasteiger partial charge in [0.25, 0.3) is 0 Å². The van der Waals surface area contributed by atoms with Gasteiger partial charge in [0.05, 0.1) is 11.6 Å². The maximum absolute atomic E-state index is 13.7. The molecule has 3 nitrogen and oxygen atoms in total. The maximum Gasteiger partial charge on any atom is 0.132 e. The predicted molar refractivity (Wildman–Crippen MR) is 83.5 cm³/mol. The van der Waals surface area contributed by atoms with Crippen LogP contribution in [0.2, 0.25) is 0 Å². The molecule has 1 heterocycles. The molecule has 0 aliphatic carbocycles. The molecular weight excluding hydrogens is 267 g/mol. The second kappa shape index (κ2) is 6.50. The number of halogens is 1. The number of benzene rings is 1. The lowest BCUT2D eigenvalue weighted by Crippen LogP contribution is -2.31. The van der Waals surface area contributed by atoms with Gasteiger partial charge in [-0.3, -0.25) is 4.98 Å². The van der Waals surface area contributed by atoms with Crippen LogP contribution < -0.4 is 5.32 Å². The highest BCUT2D eigenvalue weighted by molar-refractivity contribution is 5.82. The Hall–Kier alpha value is -1.52. The molecule has 0 amide bonds. The van der Waals surface area contributed by atoms with Gasteiger partial charge >= 0.3 is 0 Å². The molecule has 0 bridgehead atoms. The van der Waals surface area contributed by atoms with E-state index in [-0.39, 0.29) is 17.3 Å². The minimum atomic E-state index is -0.310. The van der Waals surface area contributed by atoms with Gasteiger partial charge in [-0.1, -0.05) is 19.9 Å². The first-order valence-corrected chi connectivity index (χ1v) is 7.30.